The number of nitrogens with zero attached hydrogens (tertiary/aromatic N) is 7. The van der Waals surface area contributed by atoms with Gasteiger partial charge < -0.3 is 9.64 Å². The highest BCUT2D eigenvalue weighted by Crippen LogP contribution is 2.34. The number of hydrogen-bond donors (Lipinski definition) is 0. The van der Waals surface area contributed by atoms with Crippen molar-refractivity contribution in [3.63, 3.8) is 0 Å². The van der Waals surface area contributed by atoms with Gasteiger partial charge in [0.25, 0.3) is 0 Å². The molecule has 0 saturated carbocycles. The van der Waals surface area contributed by atoms with E-state index in [-0.39, 0.29) is 18.2 Å². The Hall–Kier alpha value is -3.10. The predicted molar refractivity (Wildman–Crippen MR) is 112 cm³/mol. The molecule has 3 aromatic rings. The minimum atomic E-state index is -0.176. The third-order valence-electron chi connectivity index (χ3n) is 5.96. The average Bonchev–Trinajstić information content (AvgIpc) is 3.41. The maximum atomic E-state index is 12.6. The van der Waals surface area contributed by atoms with E-state index < -0.39 is 0 Å². The molecule has 0 N–H and O–H groups in total. The molecular formula is C21H27N7O2. The smallest absolute Gasteiger partial charge is 0.410 e. The van der Waals surface area contributed by atoms with Crippen LogP contribution in [0.5, 0.6) is 0 Å². The molecule has 0 aliphatic carbocycles. The normalized spacial score (nSPS) is 21.1. The van der Waals surface area contributed by atoms with E-state index in [1.807, 2.05) is 35.1 Å². The standard InChI is InChI=1S/C21H27N7O2/c1-14(2)12-30-21(29)28-17-4-5-18(28)11-26(10-17)20-19-6-15(9-27(19)24-13-22-20)16-7-23-25(3)8-16/h6-9,13-14,17-18H,4-5,10-12H2,1-3H3. The highest BCUT2D eigenvalue weighted by Gasteiger charge is 2.44. The first-order valence-corrected chi connectivity index (χ1v) is 10.5. The van der Waals surface area contributed by atoms with Crippen molar-refractivity contribution in [1.29, 1.82) is 0 Å². The Labute approximate surface area is 175 Å². The van der Waals surface area contributed by atoms with Crippen LogP contribution in [0.25, 0.3) is 16.6 Å². The highest BCUT2D eigenvalue weighted by atomic mass is 16.6. The van der Waals surface area contributed by atoms with E-state index in [0.717, 1.165) is 48.4 Å². The predicted octanol–water partition coefficient (Wildman–Crippen LogP) is 2.58. The number of fused-ring (bicyclic) bond motifs is 3. The summed E-state index contributed by atoms with van der Waals surface area (Å²) in [6, 6.07) is 2.43. The average molecular weight is 409 g/mol. The molecule has 2 bridgehead atoms. The molecule has 0 aromatic carbocycles. The zero-order chi connectivity index (χ0) is 20.8. The molecule has 2 aliphatic heterocycles. The van der Waals surface area contributed by atoms with Crippen molar-refractivity contribution >= 4 is 17.4 Å². The van der Waals surface area contributed by atoms with Gasteiger partial charge in [-0.3, -0.25) is 9.58 Å². The van der Waals surface area contributed by atoms with Gasteiger partial charge in [0.2, 0.25) is 0 Å². The Morgan fingerprint density at radius 2 is 1.93 bits per heavy atom. The zero-order valence-electron chi connectivity index (χ0n) is 17.6. The van der Waals surface area contributed by atoms with Gasteiger partial charge in [0, 0.05) is 43.7 Å². The van der Waals surface area contributed by atoms with Crippen molar-refractivity contribution in [3.05, 3.63) is 31.0 Å². The Balaban J connectivity index is 1.39. The maximum Gasteiger partial charge on any atom is 0.410 e. The first kappa shape index (κ1) is 18.9. The molecule has 5 heterocycles. The summed E-state index contributed by atoms with van der Waals surface area (Å²) in [5, 5.41) is 8.66. The second-order valence-corrected chi connectivity index (χ2v) is 8.71. The number of piperazine rings is 1. The lowest BCUT2D eigenvalue weighted by Gasteiger charge is -2.41. The monoisotopic (exact) mass is 409 g/mol. The molecule has 30 heavy (non-hydrogen) atoms. The van der Waals surface area contributed by atoms with E-state index >= 15 is 0 Å². The van der Waals surface area contributed by atoms with Crippen LogP contribution in [0.3, 0.4) is 0 Å². The van der Waals surface area contributed by atoms with E-state index in [9.17, 15) is 4.79 Å². The van der Waals surface area contributed by atoms with Crippen LogP contribution in [0, 0.1) is 5.92 Å². The van der Waals surface area contributed by atoms with Crippen LogP contribution >= 0.6 is 0 Å². The molecule has 5 rings (SSSR count). The Bertz CT molecular complexity index is 1060. The summed E-state index contributed by atoms with van der Waals surface area (Å²) in [4.78, 5) is 21.5. The molecule has 0 spiro atoms. The van der Waals surface area contributed by atoms with Crippen molar-refractivity contribution in [2.45, 2.75) is 38.8 Å². The van der Waals surface area contributed by atoms with Crippen LogP contribution in [-0.4, -0.2) is 67.2 Å². The molecule has 0 radical (unpaired) electrons. The van der Waals surface area contributed by atoms with Crippen LogP contribution < -0.4 is 4.90 Å². The second kappa shape index (κ2) is 7.30. The number of amides is 1. The van der Waals surface area contributed by atoms with E-state index in [0.29, 0.717) is 12.5 Å². The number of carbonyl (C=O) groups excluding carboxylic acids is 1. The molecule has 1 amide bonds. The molecular weight excluding hydrogens is 382 g/mol. The van der Waals surface area contributed by atoms with E-state index in [1.165, 1.54) is 0 Å². The summed E-state index contributed by atoms with van der Waals surface area (Å²) >= 11 is 0. The largest absolute Gasteiger partial charge is 0.449 e. The zero-order valence-corrected chi connectivity index (χ0v) is 17.6. The van der Waals surface area contributed by atoms with Crippen molar-refractivity contribution in [3.8, 4) is 11.1 Å². The first-order chi connectivity index (χ1) is 14.5. The van der Waals surface area contributed by atoms with Crippen molar-refractivity contribution in [2.24, 2.45) is 13.0 Å². The van der Waals surface area contributed by atoms with Crippen LogP contribution in [0.2, 0.25) is 0 Å². The number of aromatic nitrogens is 5. The third kappa shape index (κ3) is 3.28. The second-order valence-electron chi connectivity index (χ2n) is 8.71. The fourth-order valence-corrected chi connectivity index (χ4v) is 4.58. The fraction of sp³-hybridized carbons (Fsp3) is 0.524. The number of ether oxygens (including phenoxy) is 1. The van der Waals surface area contributed by atoms with E-state index in [1.54, 1.807) is 11.0 Å². The van der Waals surface area contributed by atoms with Crippen molar-refractivity contribution < 1.29 is 9.53 Å². The lowest BCUT2D eigenvalue weighted by atomic mass is 10.2. The van der Waals surface area contributed by atoms with E-state index in [2.05, 4.69) is 40.0 Å². The topological polar surface area (TPSA) is 80.8 Å². The highest BCUT2D eigenvalue weighted by molar-refractivity contribution is 5.78. The van der Waals surface area contributed by atoms with Crippen LogP contribution in [0.15, 0.2) is 31.0 Å². The molecule has 2 fully saturated rings. The fourth-order valence-electron chi connectivity index (χ4n) is 4.58. The molecule has 158 valence electrons. The van der Waals surface area contributed by atoms with Gasteiger partial charge >= 0.3 is 6.09 Å². The Kier molecular flexibility index (Phi) is 4.60. The van der Waals surface area contributed by atoms with Gasteiger partial charge in [-0.2, -0.15) is 10.2 Å². The minimum Gasteiger partial charge on any atom is -0.449 e. The number of anilines is 1. The SMILES string of the molecule is CC(C)COC(=O)N1C2CCC1CN(c1ncnn3cc(-c4cnn(C)c4)cc13)C2. The minimum absolute atomic E-state index is 0.159. The molecule has 2 aliphatic rings. The Morgan fingerprint density at radius 1 is 1.17 bits per heavy atom. The summed E-state index contributed by atoms with van der Waals surface area (Å²) in [6.07, 6.45) is 9.27. The van der Waals surface area contributed by atoms with Crippen molar-refractivity contribution in [2.75, 3.05) is 24.6 Å². The van der Waals surface area contributed by atoms with Gasteiger partial charge in [-0.1, -0.05) is 13.8 Å². The lowest BCUT2D eigenvalue weighted by molar-refractivity contribution is 0.0704. The molecule has 2 unspecified atom stereocenters. The van der Waals surface area contributed by atoms with Crippen LogP contribution in [0.4, 0.5) is 10.6 Å². The summed E-state index contributed by atoms with van der Waals surface area (Å²) in [6.45, 7) is 6.09. The van der Waals surface area contributed by atoms with Gasteiger partial charge in [0.05, 0.1) is 24.9 Å². The molecule has 9 nitrogen and oxygen atoms in total. The number of aryl methyl sites for hydroxylation is 1. The third-order valence-corrected chi connectivity index (χ3v) is 5.96. The van der Waals surface area contributed by atoms with Gasteiger partial charge in [-0.15, -0.1) is 0 Å². The number of rotatable bonds is 4. The summed E-state index contributed by atoms with van der Waals surface area (Å²) < 4.78 is 9.18. The summed E-state index contributed by atoms with van der Waals surface area (Å²) in [7, 11) is 1.91. The number of hydrogen-bond acceptors (Lipinski definition) is 6. The van der Waals surface area contributed by atoms with Crippen LogP contribution in [-0.2, 0) is 11.8 Å². The van der Waals surface area contributed by atoms with Gasteiger partial charge in [0.1, 0.15) is 11.8 Å². The van der Waals surface area contributed by atoms with Gasteiger partial charge in [-0.05, 0) is 24.8 Å². The summed E-state index contributed by atoms with van der Waals surface area (Å²) in [5.74, 6) is 1.25. The quantitative estimate of drug-likeness (QED) is 0.659. The summed E-state index contributed by atoms with van der Waals surface area (Å²) in [5.41, 5.74) is 3.07. The van der Waals surface area contributed by atoms with Crippen molar-refractivity contribution in [1.82, 2.24) is 29.3 Å². The molecule has 2 atom stereocenters. The number of carbonyl (C=O) groups is 1. The molecule has 9 heteroatoms. The Morgan fingerprint density at radius 3 is 2.60 bits per heavy atom. The van der Waals surface area contributed by atoms with E-state index in [4.69, 9.17) is 4.74 Å². The lowest BCUT2D eigenvalue weighted by Crippen LogP contribution is -2.56. The molecule has 2 saturated heterocycles. The first-order valence-electron chi connectivity index (χ1n) is 10.5. The maximum absolute atomic E-state index is 12.6. The van der Waals surface area contributed by atoms with Gasteiger partial charge in [-0.25, -0.2) is 14.3 Å². The van der Waals surface area contributed by atoms with Crippen LogP contribution in [0.1, 0.15) is 26.7 Å². The molecule has 3 aromatic heterocycles. The van der Waals surface area contributed by atoms with Gasteiger partial charge in [0.15, 0.2) is 5.82 Å².